The molecule has 0 unspecified atom stereocenters. The van der Waals surface area contributed by atoms with Crippen LogP contribution in [0.5, 0.6) is 0 Å². The summed E-state index contributed by atoms with van der Waals surface area (Å²) < 4.78 is 54.7. The summed E-state index contributed by atoms with van der Waals surface area (Å²) in [7, 11) is -6.10. The Bertz CT molecular complexity index is 1420. The number of hydrogen-bond acceptors (Lipinski definition) is 5. The highest BCUT2D eigenvalue weighted by atomic mass is 32.2. The van der Waals surface area contributed by atoms with E-state index in [1.807, 2.05) is 6.92 Å². The number of hydrogen-bond donors (Lipinski definition) is 0. The summed E-state index contributed by atoms with van der Waals surface area (Å²) >= 11 is 0. The van der Waals surface area contributed by atoms with Gasteiger partial charge < -0.3 is 4.90 Å². The average Bonchev–Trinajstić information content (AvgIpc) is 2.88. The summed E-state index contributed by atoms with van der Waals surface area (Å²) in [6.45, 7) is 2.60. The first-order valence-electron chi connectivity index (χ1n) is 11.1. The Morgan fingerprint density at radius 1 is 0.743 bits per heavy atom. The largest absolute Gasteiger partial charge is 0.336 e. The van der Waals surface area contributed by atoms with Gasteiger partial charge in [-0.25, -0.2) is 16.8 Å². The van der Waals surface area contributed by atoms with Crippen LogP contribution in [-0.4, -0.2) is 65.2 Å². The zero-order valence-electron chi connectivity index (χ0n) is 19.5. The second-order valence-corrected chi connectivity index (χ2v) is 12.2. The van der Waals surface area contributed by atoms with Crippen LogP contribution in [0.15, 0.2) is 88.7 Å². The fourth-order valence-corrected chi connectivity index (χ4v) is 6.63. The first kappa shape index (κ1) is 24.9. The summed E-state index contributed by atoms with van der Waals surface area (Å²) in [5.41, 5.74) is 1.47. The van der Waals surface area contributed by atoms with Gasteiger partial charge in [-0.1, -0.05) is 48.0 Å². The minimum atomic E-state index is -3.87. The van der Waals surface area contributed by atoms with Crippen molar-refractivity contribution in [3.05, 3.63) is 90.0 Å². The Kier molecular flexibility index (Phi) is 6.98. The third kappa shape index (κ3) is 4.95. The molecular weight excluding hydrogens is 486 g/mol. The fraction of sp³-hybridized carbons (Fsp3) is 0.240. The lowest BCUT2D eigenvalue weighted by molar-refractivity contribution is 0.0698. The van der Waals surface area contributed by atoms with Gasteiger partial charge in [0.2, 0.25) is 10.0 Å². The monoisotopic (exact) mass is 513 g/mol. The van der Waals surface area contributed by atoms with Crippen molar-refractivity contribution < 1.29 is 21.6 Å². The molecule has 4 rings (SSSR count). The summed E-state index contributed by atoms with van der Waals surface area (Å²) in [6.07, 6.45) is 0. The molecule has 3 aromatic rings. The van der Waals surface area contributed by atoms with Crippen LogP contribution in [0.3, 0.4) is 0 Å². The first-order valence-corrected chi connectivity index (χ1v) is 14.0. The van der Waals surface area contributed by atoms with Crippen LogP contribution < -0.4 is 4.31 Å². The van der Waals surface area contributed by atoms with Gasteiger partial charge in [0.15, 0.2) is 0 Å². The zero-order valence-corrected chi connectivity index (χ0v) is 21.2. The Labute approximate surface area is 206 Å². The third-order valence-corrected chi connectivity index (χ3v) is 9.76. The van der Waals surface area contributed by atoms with Gasteiger partial charge in [-0.05, 0) is 43.3 Å². The van der Waals surface area contributed by atoms with E-state index in [1.165, 1.54) is 23.5 Å². The van der Waals surface area contributed by atoms with Gasteiger partial charge in [0.25, 0.3) is 15.9 Å². The molecule has 0 radical (unpaired) electrons. The van der Waals surface area contributed by atoms with Crippen molar-refractivity contribution in [2.75, 3.05) is 37.5 Å². The lowest BCUT2D eigenvalue weighted by atomic mass is 10.1. The van der Waals surface area contributed by atoms with Crippen molar-refractivity contribution in [2.45, 2.75) is 16.7 Å². The molecule has 1 aliphatic rings. The maximum absolute atomic E-state index is 13.4. The molecule has 1 saturated heterocycles. The molecule has 184 valence electrons. The molecule has 35 heavy (non-hydrogen) atoms. The van der Waals surface area contributed by atoms with Gasteiger partial charge in [-0.2, -0.15) is 4.31 Å². The fourth-order valence-electron chi connectivity index (χ4n) is 3.97. The van der Waals surface area contributed by atoms with Crippen molar-refractivity contribution in [2.24, 2.45) is 0 Å². The molecule has 0 aliphatic carbocycles. The highest BCUT2D eigenvalue weighted by Gasteiger charge is 2.32. The molecule has 0 atom stereocenters. The molecular formula is C25H27N3O5S2. The topological polar surface area (TPSA) is 95.1 Å². The SMILES string of the molecule is Cc1ccc(S(=O)(=O)N2CCN(C(=O)c3ccccc3N(C)S(=O)(=O)c3ccccc3)CC2)cc1. The first-order chi connectivity index (χ1) is 16.6. The van der Waals surface area contributed by atoms with Gasteiger partial charge in [0.05, 0.1) is 21.0 Å². The smallest absolute Gasteiger partial charge is 0.264 e. The number of aryl methyl sites for hydroxylation is 1. The maximum Gasteiger partial charge on any atom is 0.264 e. The van der Waals surface area contributed by atoms with E-state index in [4.69, 9.17) is 0 Å². The minimum Gasteiger partial charge on any atom is -0.336 e. The maximum atomic E-state index is 13.4. The highest BCUT2D eigenvalue weighted by Crippen LogP contribution is 2.27. The number of carbonyl (C=O) groups excluding carboxylic acids is 1. The number of piperazine rings is 1. The lowest BCUT2D eigenvalue weighted by Gasteiger charge is -2.34. The molecule has 1 aliphatic heterocycles. The van der Waals surface area contributed by atoms with Crippen LogP contribution in [0.25, 0.3) is 0 Å². The Morgan fingerprint density at radius 3 is 1.94 bits per heavy atom. The van der Waals surface area contributed by atoms with Crippen LogP contribution in [0, 0.1) is 6.92 Å². The van der Waals surface area contributed by atoms with E-state index >= 15 is 0 Å². The standard InChI is InChI=1S/C25H27N3O5S2/c1-20-12-14-22(15-13-20)35(32,33)28-18-16-27(17-19-28)25(29)23-10-6-7-11-24(23)26(2)34(30,31)21-8-4-3-5-9-21/h3-15H,16-19H2,1-2H3. The summed E-state index contributed by atoms with van der Waals surface area (Å²) in [4.78, 5) is 15.3. The number of carbonyl (C=O) groups is 1. The van der Waals surface area contributed by atoms with Gasteiger partial charge in [-0.15, -0.1) is 0 Å². The summed E-state index contributed by atoms with van der Waals surface area (Å²) in [5.74, 6) is -0.344. The molecule has 1 heterocycles. The molecule has 3 aromatic carbocycles. The molecule has 0 spiro atoms. The number of nitrogens with zero attached hydrogens (tertiary/aromatic N) is 3. The predicted octanol–water partition coefficient (Wildman–Crippen LogP) is 2.97. The average molecular weight is 514 g/mol. The number of rotatable bonds is 6. The molecule has 0 aromatic heterocycles. The number of para-hydroxylation sites is 1. The van der Waals surface area contributed by atoms with E-state index in [9.17, 15) is 21.6 Å². The van der Waals surface area contributed by atoms with E-state index in [2.05, 4.69) is 0 Å². The van der Waals surface area contributed by atoms with Crippen molar-refractivity contribution in [1.29, 1.82) is 0 Å². The van der Waals surface area contributed by atoms with Crippen LogP contribution in [0.1, 0.15) is 15.9 Å². The van der Waals surface area contributed by atoms with E-state index in [1.54, 1.807) is 71.6 Å². The van der Waals surface area contributed by atoms with Crippen molar-refractivity contribution in [3.63, 3.8) is 0 Å². The van der Waals surface area contributed by atoms with Crippen molar-refractivity contribution >= 4 is 31.6 Å². The normalized spacial score (nSPS) is 15.1. The molecule has 0 bridgehead atoms. The number of amides is 1. The van der Waals surface area contributed by atoms with Gasteiger partial charge >= 0.3 is 0 Å². The minimum absolute atomic E-state index is 0.125. The van der Waals surface area contributed by atoms with E-state index in [-0.39, 0.29) is 53.1 Å². The zero-order chi connectivity index (χ0) is 25.2. The number of benzene rings is 3. The van der Waals surface area contributed by atoms with Gasteiger partial charge in [0, 0.05) is 33.2 Å². The quantitative estimate of drug-likeness (QED) is 0.505. The molecule has 8 nitrogen and oxygen atoms in total. The van der Waals surface area contributed by atoms with Crippen molar-refractivity contribution in [3.8, 4) is 0 Å². The van der Waals surface area contributed by atoms with Crippen LogP contribution in [0.2, 0.25) is 0 Å². The molecule has 10 heteroatoms. The number of anilines is 1. The molecule has 0 saturated carbocycles. The Morgan fingerprint density at radius 2 is 1.31 bits per heavy atom. The van der Waals surface area contributed by atoms with Crippen molar-refractivity contribution in [1.82, 2.24) is 9.21 Å². The highest BCUT2D eigenvalue weighted by molar-refractivity contribution is 7.92. The van der Waals surface area contributed by atoms with Gasteiger partial charge in [-0.3, -0.25) is 9.10 Å². The van der Waals surface area contributed by atoms with Crippen LogP contribution >= 0.6 is 0 Å². The molecule has 1 fully saturated rings. The Hall–Kier alpha value is -3.21. The second-order valence-electron chi connectivity index (χ2n) is 8.31. The third-order valence-electron chi connectivity index (χ3n) is 6.06. The van der Waals surface area contributed by atoms with E-state index < -0.39 is 20.0 Å². The number of sulfonamides is 2. The summed E-state index contributed by atoms with van der Waals surface area (Å²) in [5, 5.41) is 0. The Balaban J connectivity index is 1.52. The van der Waals surface area contributed by atoms with E-state index in [0.717, 1.165) is 9.87 Å². The molecule has 1 amide bonds. The van der Waals surface area contributed by atoms with E-state index in [0.29, 0.717) is 0 Å². The van der Waals surface area contributed by atoms with Crippen LogP contribution in [-0.2, 0) is 20.0 Å². The predicted molar refractivity (Wildman–Crippen MR) is 134 cm³/mol. The summed E-state index contributed by atoms with van der Waals surface area (Å²) in [6, 6.07) is 21.2. The van der Waals surface area contributed by atoms with Gasteiger partial charge in [0.1, 0.15) is 0 Å². The van der Waals surface area contributed by atoms with Crippen LogP contribution in [0.4, 0.5) is 5.69 Å². The molecule has 0 N–H and O–H groups in total. The second kappa shape index (κ2) is 9.80. The lowest BCUT2D eigenvalue weighted by Crippen LogP contribution is -2.50.